The molecule has 18 heavy (non-hydrogen) atoms. The number of hydrogen-bond donors (Lipinski definition) is 3. The van der Waals surface area contributed by atoms with Gasteiger partial charge in [0, 0.05) is 13.0 Å². The Balaban J connectivity index is 1.81. The highest BCUT2D eigenvalue weighted by atomic mass is 16.4. The largest absolute Gasteiger partial charge is 0.481 e. The molecule has 0 radical (unpaired) electrons. The highest BCUT2D eigenvalue weighted by molar-refractivity contribution is 5.91. The predicted molar refractivity (Wildman–Crippen MR) is 61.5 cm³/mol. The van der Waals surface area contributed by atoms with Gasteiger partial charge in [-0.1, -0.05) is 13.8 Å². The zero-order valence-electron chi connectivity index (χ0n) is 10.3. The molecule has 0 spiro atoms. The van der Waals surface area contributed by atoms with Gasteiger partial charge in [-0.05, 0) is 5.41 Å². The molecular weight excluding hydrogens is 236 g/mol. The molecule has 3 N–H and O–H groups in total. The molecule has 2 rings (SSSR count). The molecule has 0 saturated heterocycles. The van der Waals surface area contributed by atoms with Crippen LogP contribution in [-0.2, 0) is 16.0 Å². The van der Waals surface area contributed by atoms with Crippen molar-refractivity contribution < 1.29 is 14.7 Å². The van der Waals surface area contributed by atoms with E-state index in [1.54, 1.807) is 13.8 Å². The van der Waals surface area contributed by atoms with Crippen LogP contribution in [0.5, 0.6) is 0 Å². The second-order valence-electron chi connectivity index (χ2n) is 5.09. The molecule has 1 amide bonds. The number of carbonyl (C=O) groups is 2. The van der Waals surface area contributed by atoms with Gasteiger partial charge >= 0.3 is 5.97 Å². The van der Waals surface area contributed by atoms with Crippen LogP contribution in [0.4, 0.5) is 0 Å². The molecule has 7 heteroatoms. The molecule has 1 aromatic heterocycles. The van der Waals surface area contributed by atoms with Gasteiger partial charge in [0.25, 0.3) is 0 Å². The highest BCUT2D eigenvalue weighted by Gasteiger charge is 2.65. The average Bonchev–Trinajstić information content (AvgIpc) is 2.65. The van der Waals surface area contributed by atoms with E-state index in [1.165, 1.54) is 6.33 Å². The lowest BCUT2D eigenvalue weighted by Crippen LogP contribution is -2.29. The summed E-state index contributed by atoms with van der Waals surface area (Å²) < 4.78 is 0. The standard InChI is InChI=1S/C11H16N4O3/c1-11(2)7(8(11)10(17)18)9(16)12-4-3-6-13-5-14-15-6/h5,7-8H,3-4H2,1-2H3,(H,12,16)(H,17,18)(H,13,14,15)/t7-,8+/m1/s1. The Labute approximate surface area is 104 Å². The van der Waals surface area contributed by atoms with Crippen molar-refractivity contribution in [2.24, 2.45) is 17.3 Å². The predicted octanol–water partition coefficient (Wildman–Crippen LogP) is -0.180. The van der Waals surface area contributed by atoms with Crippen LogP contribution >= 0.6 is 0 Å². The van der Waals surface area contributed by atoms with Crippen LogP contribution in [0.2, 0.25) is 0 Å². The molecule has 98 valence electrons. The molecule has 1 fully saturated rings. The fourth-order valence-corrected chi connectivity index (χ4v) is 2.35. The van der Waals surface area contributed by atoms with Gasteiger partial charge in [-0.15, -0.1) is 0 Å². The van der Waals surface area contributed by atoms with E-state index >= 15 is 0 Å². The Hall–Kier alpha value is -1.92. The van der Waals surface area contributed by atoms with Crippen LogP contribution in [0.1, 0.15) is 19.7 Å². The van der Waals surface area contributed by atoms with Crippen LogP contribution < -0.4 is 5.32 Å². The van der Waals surface area contributed by atoms with Gasteiger partial charge in [0.1, 0.15) is 12.2 Å². The summed E-state index contributed by atoms with van der Waals surface area (Å²) in [5, 5.41) is 18.1. The SMILES string of the molecule is CC1(C)[C@H](C(=O)O)[C@@H]1C(=O)NCCc1ncn[nH]1. The molecule has 1 aromatic rings. The molecule has 1 saturated carbocycles. The summed E-state index contributed by atoms with van der Waals surface area (Å²) in [6.07, 6.45) is 1.96. The van der Waals surface area contributed by atoms with Crippen molar-refractivity contribution in [2.45, 2.75) is 20.3 Å². The van der Waals surface area contributed by atoms with E-state index in [-0.39, 0.29) is 5.91 Å². The molecule has 0 bridgehead atoms. The number of aromatic nitrogens is 3. The van der Waals surface area contributed by atoms with Crippen molar-refractivity contribution >= 4 is 11.9 Å². The number of hydrogen-bond acceptors (Lipinski definition) is 4. The first kappa shape index (κ1) is 12.5. The highest BCUT2D eigenvalue weighted by Crippen LogP contribution is 2.58. The monoisotopic (exact) mass is 252 g/mol. The summed E-state index contributed by atoms with van der Waals surface area (Å²) in [5.74, 6) is -1.44. The van der Waals surface area contributed by atoms with E-state index in [0.29, 0.717) is 18.8 Å². The summed E-state index contributed by atoms with van der Waals surface area (Å²) in [7, 11) is 0. The maximum Gasteiger partial charge on any atom is 0.307 e. The smallest absolute Gasteiger partial charge is 0.307 e. The molecule has 2 atom stereocenters. The van der Waals surface area contributed by atoms with E-state index in [2.05, 4.69) is 20.5 Å². The van der Waals surface area contributed by atoms with Crippen LogP contribution in [0.3, 0.4) is 0 Å². The van der Waals surface area contributed by atoms with Gasteiger partial charge in [0.2, 0.25) is 5.91 Å². The third-order valence-electron chi connectivity index (χ3n) is 3.50. The number of amides is 1. The fourth-order valence-electron chi connectivity index (χ4n) is 2.35. The maximum atomic E-state index is 11.8. The average molecular weight is 252 g/mol. The minimum Gasteiger partial charge on any atom is -0.481 e. The van der Waals surface area contributed by atoms with E-state index in [9.17, 15) is 9.59 Å². The molecule has 7 nitrogen and oxygen atoms in total. The van der Waals surface area contributed by atoms with Crippen molar-refractivity contribution in [3.05, 3.63) is 12.2 Å². The minimum atomic E-state index is -0.907. The van der Waals surface area contributed by atoms with Gasteiger partial charge in [-0.3, -0.25) is 14.7 Å². The molecule has 0 unspecified atom stereocenters. The van der Waals surface area contributed by atoms with Crippen molar-refractivity contribution in [2.75, 3.05) is 6.54 Å². The molecule has 1 aliphatic carbocycles. The lowest BCUT2D eigenvalue weighted by molar-refractivity contribution is -0.140. The van der Waals surface area contributed by atoms with Crippen molar-refractivity contribution in [3.63, 3.8) is 0 Å². The molecule has 1 aliphatic rings. The zero-order chi connectivity index (χ0) is 13.3. The molecule has 1 heterocycles. The number of carbonyl (C=O) groups excluding carboxylic acids is 1. The van der Waals surface area contributed by atoms with Gasteiger partial charge in [-0.25, -0.2) is 4.98 Å². The third-order valence-corrected chi connectivity index (χ3v) is 3.50. The Morgan fingerprint density at radius 2 is 2.22 bits per heavy atom. The van der Waals surface area contributed by atoms with Gasteiger partial charge in [-0.2, -0.15) is 5.10 Å². The summed E-state index contributed by atoms with van der Waals surface area (Å²) >= 11 is 0. The Kier molecular flexibility index (Phi) is 3.06. The second-order valence-corrected chi connectivity index (χ2v) is 5.09. The van der Waals surface area contributed by atoms with E-state index in [4.69, 9.17) is 5.11 Å². The zero-order valence-corrected chi connectivity index (χ0v) is 10.3. The van der Waals surface area contributed by atoms with Crippen LogP contribution in [0, 0.1) is 17.3 Å². The van der Waals surface area contributed by atoms with E-state index < -0.39 is 23.2 Å². The van der Waals surface area contributed by atoms with Gasteiger partial charge in [0.05, 0.1) is 11.8 Å². The first-order valence-corrected chi connectivity index (χ1v) is 5.79. The number of nitrogens with zero attached hydrogens (tertiary/aromatic N) is 2. The van der Waals surface area contributed by atoms with E-state index in [0.717, 1.165) is 0 Å². The number of aromatic amines is 1. The summed E-state index contributed by atoms with van der Waals surface area (Å²) in [5.41, 5.74) is -0.456. The van der Waals surface area contributed by atoms with E-state index in [1.807, 2.05) is 0 Å². The lowest BCUT2D eigenvalue weighted by atomic mass is 10.1. The normalized spacial score (nSPS) is 24.6. The topological polar surface area (TPSA) is 108 Å². The number of H-pyrrole nitrogens is 1. The van der Waals surface area contributed by atoms with Crippen LogP contribution in [-0.4, -0.2) is 38.7 Å². The van der Waals surface area contributed by atoms with Gasteiger partial charge < -0.3 is 10.4 Å². The first-order chi connectivity index (χ1) is 8.44. The van der Waals surface area contributed by atoms with Crippen molar-refractivity contribution in [1.29, 1.82) is 0 Å². The van der Waals surface area contributed by atoms with Crippen molar-refractivity contribution in [3.8, 4) is 0 Å². The van der Waals surface area contributed by atoms with Crippen molar-refractivity contribution in [1.82, 2.24) is 20.5 Å². The Bertz CT molecular complexity index is 455. The number of carboxylic acids is 1. The molecular formula is C11H16N4O3. The summed E-state index contributed by atoms with van der Waals surface area (Å²) in [6.45, 7) is 4.02. The van der Waals surface area contributed by atoms with Crippen LogP contribution in [0.25, 0.3) is 0 Å². The first-order valence-electron chi connectivity index (χ1n) is 5.79. The minimum absolute atomic E-state index is 0.202. The number of nitrogens with one attached hydrogen (secondary N) is 2. The Morgan fingerprint density at radius 1 is 1.50 bits per heavy atom. The number of rotatable bonds is 5. The quantitative estimate of drug-likeness (QED) is 0.673. The third kappa shape index (κ3) is 2.20. The van der Waals surface area contributed by atoms with Gasteiger partial charge in [0.15, 0.2) is 0 Å². The Morgan fingerprint density at radius 3 is 2.72 bits per heavy atom. The number of carboxylic acid groups (broad SMARTS) is 1. The lowest BCUT2D eigenvalue weighted by Gasteiger charge is -2.04. The summed E-state index contributed by atoms with van der Waals surface area (Å²) in [4.78, 5) is 26.7. The fraction of sp³-hybridized carbons (Fsp3) is 0.636. The summed E-state index contributed by atoms with van der Waals surface area (Å²) in [6, 6.07) is 0. The molecule has 0 aliphatic heterocycles. The molecule has 0 aromatic carbocycles. The number of aliphatic carboxylic acids is 1. The second kappa shape index (κ2) is 4.40. The maximum absolute atomic E-state index is 11.8. The van der Waals surface area contributed by atoms with Crippen LogP contribution in [0.15, 0.2) is 6.33 Å².